The van der Waals surface area contributed by atoms with Gasteiger partial charge in [-0.3, -0.25) is 0 Å². The molecule has 1 aromatic carbocycles. The smallest absolute Gasteiger partial charge is 0.153 e. The lowest BCUT2D eigenvalue weighted by molar-refractivity contribution is 0.475. The van der Waals surface area contributed by atoms with Gasteiger partial charge in [-0.1, -0.05) is 0 Å². The topological polar surface area (TPSA) is 84.1 Å². The first-order chi connectivity index (χ1) is 9.06. The molecule has 0 amide bonds. The first-order valence-electron chi connectivity index (χ1n) is 5.79. The molecule has 0 atom stereocenters. The van der Waals surface area contributed by atoms with Crippen molar-refractivity contribution >= 4 is 12.1 Å². The first-order valence-corrected chi connectivity index (χ1v) is 5.79. The number of aromatic hydroxyl groups is 1. The van der Waals surface area contributed by atoms with Gasteiger partial charge in [0.15, 0.2) is 5.84 Å². The summed E-state index contributed by atoms with van der Waals surface area (Å²) in [6.45, 7) is 3.85. The average molecular weight is 257 g/mol. The summed E-state index contributed by atoms with van der Waals surface area (Å²) in [6.07, 6.45) is 1.51. The van der Waals surface area contributed by atoms with Crippen molar-refractivity contribution in [1.82, 2.24) is 0 Å². The molecule has 0 radical (unpaired) electrons. The molecule has 0 saturated carbocycles. The van der Waals surface area contributed by atoms with E-state index in [1.807, 2.05) is 19.9 Å². The van der Waals surface area contributed by atoms with E-state index in [9.17, 15) is 0 Å². The third-order valence-corrected chi connectivity index (χ3v) is 2.70. The summed E-state index contributed by atoms with van der Waals surface area (Å²) in [5, 5.41) is 16.9. The van der Waals surface area contributed by atoms with Gasteiger partial charge in [0.25, 0.3) is 0 Å². The molecule has 0 bridgehead atoms. The molecule has 0 saturated heterocycles. The van der Waals surface area contributed by atoms with Crippen LogP contribution in [0.5, 0.6) is 5.75 Å². The van der Waals surface area contributed by atoms with E-state index in [1.165, 1.54) is 6.21 Å². The maximum Gasteiger partial charge on any atom is 0.153 e. The Morgan fingerprint density at radius 1 is 1.26 bits per heavy atom. The number of furan rings is 1. The fraction of sp³-hybridized carbons (Fsp3) is 0.143. The van der Waals surface area contributed by atoms with Crippen molar-refractivity contribution in [2.24, 2.45) is 15.9 Å². The number of nitrogens with two attached hydrogens (primary N) is 1. The average Bonchev–Trinajstić information content (AvgIpc) is 2.69. The van der Waals surface area contributed by atoms with E-state index in [4.69, 9.17) is 15.3 Å². The Labute approximate surface area is 111 Å². The van der Waals surface area contributed by atoms with Gasteiger partial charge in [-0.15, -0.1) is 5.10 Å². The number of phenolic OH excluding ortho intramolecular Hbond substituents is 1. The van der Waals surface area contributed by atoms with Crippen LogP contribution in [0, 0.1) is 13.8 Å². The van der Waals surface area contributed by atoms with Crippen molar-refractivity contribution in [2.75, 3.05) is 0 Å². The van der Waals surface area contributed by atoms with Gasteiger partial charge in [0.1, 0.15) is 17.3 Å². The van der Waals surface area contributed by atoms with Crippen LogP contribution in [-0.4, -0.2) is 17.2 Å². The molecule has 0 unspecified atom stereocenters. The molecular formula is C14H15N3O2. The van der Waals surface area contributed by atoms with Gasteiger partial charge in [0, 0.05) is 5.56 Å². The molecule has 3 N–H and O–H groups in total. The lowest BCUT2D eigenvalue weighted by atomic mass is 10.2. The molecular weight excluding hydrogens is 242 g/mol. The van der Waals surface area contributed by atoms with Gasteiger partial charge in [-0.05, 0) is 49.7 Å². The molecule has 98 valence electrons. The van der Waals surface area contributed by atoms with Gasteiger partial charge < -0.3 is 15.3 Å². The summed E-state index contributed by atoms with van der Waals surface area (Å²) in [4.78, 5) is 0. The summed E-state index contributed by atoms with van der Waals surface area (Å²) >= 11 is 0. The highest BCUT2D eigenvalue weighted by Gasteiger charge is 2.00. The molecule has 2 aromatic rings. The highest BCUT2D eigenvalue weighted by molar-refractivity contribution is 5.97. The number of hydrogen-bond donors (Lipinski definition) is 2. The minimum atomic E-state index is 0.182. The first kappa shape index (κ1) is 12.9. The van der Waals surface area contributed by atoms with Crippen LogP contribution < -0.4 is 5.73 Å². The van der Waals surface area contributed by atoms with Gasteiger partial charge in [0.05, 0.1) is 6.21 Å². The largest absolute Gasteiger partial charge is 0.508 e. The predicted molar refractivity (Wildman–Crippen MR) is 74.6 cm³/mol. The number of benzene rings is 1. The van der Waals surface area contributed by atoms with Crippen molar-refractivity contribution in [2.45, 2.75) is 13.8 Å². The minimum Gasteiger partial charge on any atom is -0.508 e. The Morgan fingerprint density at radius 3 is 2.53 bits per heavy atom. The van der Waals surface area contributed by atoms with E-state index in [0.717, 1.165) is 11.3 Å². The molecule has 0 spiro atoms. The summed E-state index contributed by atoms with van der Waals surface area (Å²) < 4.78 is 5.43. The van der Waals surface area contributed by atoms with Crippen LogP contribution in [0.2, 0.25) is 0 Å². The molecule has 0 fully saturated rings. The second kappa shape index (κ2) is 5.39. The number of phenols is 1. The molecule has 5 heteroatoms. The van der Waals surface area contributed by atoms with Crippen LogP contribution in [0.1, 0.15) is 22.6 Å². The Morgan fingerprint density at radius 2 is 1.95 bits per heavy atom. The van der Waals surface area contributed by atoms with Gasteiger partial charge >= 0.3 is 0 Å². The lowest BCUT2D eigenvalue weighted by Crippen LogP contribution is -2.12. The van der Waals surface area contributed by atoms with Crippen LogP contribution in [0.15, 0.2) is 45.0 Å². The maximum absolute atomic E-state index is 9.17. The molecule has 5 nitrogen and oxygen atoms in total. The monoisotopic (exact) mass is 257 g/mol. The number of nitrogens with zero attached hydrogens (tertiary/aromatic N) is 2. The van der Waals surface area contributed by atoms with Gasteiger partial charge in [-0.2, -0.15) is 5.10 Å². The Kier molecular flexibility index (Phi) is 3.66. The third-order valence-electron chi connectivity index (χ3n) is 2.70. The minimum absolute atomic E-state index is 0.182. The second-order valence-corrected chi connectivity index (χ2v) is 4.16. The van der Waals surface area contributed by atoms with Crippen LogP contribution in [0.25, 0.3) is 0 Å². The van der Waals surface area contributed by atoms with Crippen LogP contribution in [0.4, 0.5) is 0 Å². The second-order valence-electron chi connectivity index (χ2n) is 4.16. The van der Waals surface area contributed by atoms with Crippen molar-refractivity contribution in [1.29, 1.82) is 0 Å². The molecule has 2 rings (SSSR count). The van der Waals surface area contributed by atoms with E-state index >= 15 is 0 Å². The Balaban J connectivity index is 2.11. The third kappa shape index (κ3) is 3.22. The van der Waals surface area contributed by atoms with E-state index < -0.39 is 0 Å². The van der Waals surface area contributed by atoms with Crippen LogP contribution in [0.3, 0.4) is 0 Å². The zero-order valence-corrected chi connectivity index (χ0v) is 10.8. The van der Waals surface area contributed by atoms with Crippen molar-refractivity contribution in [3.05, 3.63) is 53.0 Å². The molecule has 0 aliphatic carbocycles. The highest BCUT2D eigenvalue weighted by atomic mass is 16.3. The number of hydrogen-bond acceptors (Lipinski definition) is 4. The van der Waals surface area contributed by atoms with E-state index in [0.29, 0.717) is 11.3 Å². The van der Waals surface area contributed by atoms with Gasteiger partial charge in [0.2, 0.25) is 0 Å². The number of amidine groups is 1. The SMILES string of the molecule is Cc1cc(/C=N/N=C(\N)c2ccc(O)cc2)oc1C. The number of rotatable bonds is 3. The van der Waals surface area contributed by atoms with Crippen LogP contribution >= 0.6 is 0 Å². The normalized spacial score (nSPS) is 12.2. The number of aryl methyl sites for hydroxylation is 2. The Hall–Kier alpha value is -2.56. The zero-order chi connectivity index (χ0) is 13.8. The van der Waals surface area contributed by atoms with Crippen molar-refractivity contribution < 1.29 is 9.52 Å². The molecule has 0 aliphatic heterocycles. The molecule has 1 aromatic heterocycles. The van der Waals surface area contributed by atoms with E-state index in [-0.39, 0.29) is 11.6 Å². The summed E-state index contributed by atoms with van der Waals surface area (Å²) in [5.74, 6) is 1.95. The quantitative estimate of drug-likeness (QED) is 0.503. The predicted octanol–water partition coefficient (Wildman–Crippen LogP) is 2.34. The van der Waals surface area contributed by atoms with Crippen molar-refractivity contribution in [3.63, 3.8) is 0 Å². The standard InChI is InChI=1S/C14H15N3O2/c1-9-7-13(19-10(9)2)8-16-17-14(15)11-3-5-12(18)6-4-11/h3-8,18H,1-2H3,(H2,15,17)/b16-8+. The fourth-order valence-electron chi connectivity index (χ4n) is 1.50. The summed E-state index contributed by atoms with van der Waals surface area (Å²) in [7, 11) is 0. The fourth-order valence-corrected chi connectivity index (χ4v) is 1.50. The van der Waals surface area contributed by atoms with E-state index in [1.54, 1.807) is 24.3 Å². The van der Waals surface area contributed by atoms with Crippen LogP contribution in [-0.2, 0) is 0 Å². The van der Waals surface area contributed by atoms with Crippen molar-refractivity contribution in [3.8, 4) is 5.75 Å². The zero-order valence-electron chi connectivity index (χ0n) is 10.8. The van der Waals surface area contributed by atoms with Gasteiger partial charge in [-0.25, -0.2) is 0 Å². The maximum atomic E-state index is 9.17. The molecule has 19 heavy (non-hydrogen) atoms. The lowest BCUT2D eigenvalue weighted by Gasteiger charge is -1.97. The summed E-state index contributed by atoms with van der Waals surface area (Å²) in [6, 6.07) is 8.31. The summed E-state index contributed by atoms with van der Waals surface area (Å²) in [5.41, 5.74) is 7.53. The van der Waals surface area contributed by atoms with E-state index in [2.05, 4.69) is 10.2 Å². The molecule has 0 aliphatic rings. The highest BCUT2D eigenvalue weighted by Crippen LogP contribution is 2.11. The Bertz CT molecular complexity index is 605. The molecule has 1 heterocycles.